The van der Waals surface area contributed by atoms with Crippen molar-refractivity contribution < 1.29 is 5.21 Å². The Labute approximate surface area is 64.7 Å². The molecular weight excluding hydrogens is 146 g/mol. The van der Waals surface area contributed by atoms with Crippen LogP contribution in [0.3, 0.4) is 0 Å². The number of hydroxylamine groups is 2. The Bertz CT molecular complexity index is 207. The molecule has 0 bridgehead atoms. The first-order valence-corrected chi connectivity index (χ1v) is 4.00. The third-order valence-electron chi connectivity index (χ3n) is 1.17. The molecule has 0 unspecified atom stereocenters. The summed E-state index contributed by atoms with van der Waals surface area (Å²) in [4.78, 5) is 1.20. The highest BCUT2D eigenvalue weighted by Gasteiger charge is 1.97. The lowest BCUT2D eigenvalue weighted by molar-refractivity contribution is -0.0723. The van der Waals surface area contributed by atoms with E-state index in [0.29, 0.717) is 6.54 Å². The summed E-state index contributed by atoms with van der Waals surface area (Å²) in [5, 5.41) is 12.1. The Balaban J connectivity index is 2.58. The van der Waals surface area contributed by atoms with Gasteiger partial charge in [0, 0.05) is 11.9 Å². The van der Waals surface area contributed by atoms with Crippen LogP contribution in [0.4, 0.5) is 0 Å². The standard InChI is InChI=1S/C7H11NOS/c1-6-3-7(10-5-6)4-8(2)9/h3,5,9H,4H2,1-2H3. The molecule has 3 heteroatoms. The first-order chi connectivity index (χ1) is 4.68. The third-order valence-corrected chi connectivity index (χ3v) is 2.21. The Kier molecular flexibility index (Phi) is 2.43. The summed E-state index contributed by atoms with van der Waals surface area (Å²) < 4.78 is 0. The van der Waals surface area contributed by atoms with E-state index >= 15 is 0 Å². The monoisotopic (exact) mass is 157 g/mol. The largest absolute Gasteiger partial charge is 0.314 e. The minimum atomic E-state index is 0.624. The van der Waals surface area contributed by atoms with Crippen LogP contribution in [0.25, 0.3) is 0 Å². The molecule has 1 heterocycles. The van der Waals surface area contributed by atoms with E-state index in [1.165, 1.54) is 15.5 Å². The van der Waals surface area contributed by atoms with Gasteiger partial charge in [-0.05, 0) is 23.9 Å². The van der Waals surface area contributed by atoms with Crippen LogP contribution < -0.4 is 0 Å². The summed E-state index contributed by atoms with van der Waals surface area (Å²) in [6.45, 7) is 2.68. The molecular formula is C7H11NOS. The SMILES string of the molecule is Cc1csc(CN(C)O)c1. The maximum absolute atomic E-state index is 8.86. The van der Waals surface area contributed by atoms with Gasteiger partial charge < -0.3 is 5.21 Å². The van der Waals surface area contributed by atoms with Gasteiger partial charge in [-0.2, -0.15) is 5.06 Å². The van der Waals surface area contributed by atoms with E-state index in [1.54, 1.807) is 18.4 Å². The van der Waals surface area contributed by atoms with Crippen molar-refractivity contribution in [3.05, 3.63) is 21.9 Å². The fourth-order valence-corrected chi connectivity index (χ4v) is 1.72. The van der Waals surface area contributed by atoms with Gasteiger partial charge in [-0.1, -0.05) is 0 Å². The molecule has 0 atom stereocenters. The summed E-state index contributed by atoms with van der Waals surface area (Å²) in [5.74, 6) is 0. The van der Waals surface area contributed by atoms with Gasteiger partial charge in [0.25, 0.3) is 0 Å². The van der Waals surface area contributed by atoms with Gasteiger partial charge in [-0.15, -0.1) is 11.3 Å². The fraction of sp³-hybridized carbons (Fsp3) is 0.429. The zero-order valence-electron chi connectivity index (χ0n) is 6.16. The summed E-state index contributed by atoms with van der Waals surface area (Å²) in [5.41, 5.74) is 1.27. The van der Waals surface area contributed by atoms with Gasteiger partial charge in [-0.3, -0.25) is 0 Å². The molecule has 0 saturated carbocycles. The van der Waals surface area contributed by atoms with Crippen LogP contribution in [0.15, 0.2) is 11.4 Å². The highest BCUT2D eigenvalue weighted by Crippen LogP contribution is 2.14. The molecule has 2 nitrogen and oxygen atoms in total. The van der Waals surface area contributed by atoms with Crippen molar-refractivity contribution in [3.8, 4) is 0 Å². The molecule has 0 aromatic carbocycles. The molecule has 0 aliphatic carbocycles. The lowest BCUT2D eigenvalue weighted by Gasteiger charge is -2.03. The van der Waals surface area contributed by atoms with Crippen molar-refractivity contribution in [2.75, 3.05) is 7.05 Å². The van der Waals surface area contributed by atoms with Crippen molar-refractivity contribution in [3.63, 3.8) is 0 Å². The highest BCUT2D eigenvalue weighted by molar-refractivity contribution is 7.10. The first kappa shape index (κ1) is 7.72. The molecule has 0 aliphatic rings. The molecule has 10 heavy (non-hydrogen) atoms. The van der Waals surface area contributed by atoms with E-state index in [9.17, 15) is 0 Å². The number of hydrogen-bond acceptors (Lipinski definition) is 3. The molecule has 1 aromatic rings. The summed E-state index contributed by atoms with van der Waals surface area (Å²) >= 11 is 1.68. The van der Waals surface area contributed by atoms with E-state index in [2.05, 4.69) is 18.4 Å². The quantitative estimate of drug-likeness (QED) is 0.662. The Hall–Kier alpha value is -0.380. The van der Waals surface area contributed by atoms with Crippen LogP contribution in [0.1, 0.15) is 10.4 Å². The van der Waals surface area contributed by atoms with Gasteiger partial charge in [0.15, 0.2) is 0 Å². The molecule has 56 valence electrons. The summed E-state index contributed by atoms with van der Waals surface area (Å²) in [6.07, 6.45) is 0. The smallest absolute Gasteiger partial charge is 0.0579 e. The number of hydrogen-bond donors (Lipinski definition) is 1. The average Bonchev–Trinajstić information content (AvgIpc) is 2.13. The normalized spacial score (nSPS) is 10.8. The zero-order chi connectivity index (χ0) is 7.56. The van der Waals surface area contributed by atoms with Crippen molar-refractivity contribution in [1.29, 1.82) is 0 Å². The van der Waals surface area contributed by atoms with E-state index in [1.807, 2.05) is 0 Å². The van der Waals surface area contributed by atoms with E-state index in [0.717, 1.165) is 0 Å². The van der Waals surface area contributed by atoms with Crippen molar-refractivity contribution >= 4 is 11.3 Å². The molecule has 0 spiro atoms. The lowest BCUT2D eigenvalue weighted by Crippen LogP contribution is -2.10. The molecule has 1 aromatic heterocycles. The first-order valence-electron chi connectivity index (χ1n) is 3.12. The molecule has 0 aliphatic heterocycles. The highest BCUT2D eigenvalue weighted by atomic mass is 32.1. The van der Waals surface area contributed by atoms with Crippen molar-refractivity contribution in [2.24, 2.45) is 0 Å². The third kappa shape index (κ3) is 2.10. The zero-order valence-corrected chi connectivity index (χ0v) is 6.98. The number of thiophene rings is 1. The van der Waals surface area contributed by atoms with Gasteiger partial charge in [-0.25, -0.2) is 0 Å². The van der Waals surface area contributed by atoms with Gasteiger partial charge in [0.2, 0.25) is 0 Å². The number of aryl methyl sites for hydroxylation is 1. The summed E-state index contributed by atoms with van der Waals surface area (Å²) in [7, 11) is 1.65. The molecule has 0 fully saturated rings. The Morgan fingerprint density at radius 3 is 2.80 bits per heavy atom. The van der Waals surface area contributed by atoms with Crippen LogP contribution in [-0.2, 0) is 6.54 Å². The van der Waals surface area contributed by atoms with E-state index < -0.39 is 0 Å². The predicted molar refractivity (Wildman–Crippen MR) is 42.3 cm³/mol. The molecule has 0 amide bonds. The molecule has 1 rings (SSSR count). The maximum Gasteiger partial charge on any atom is 0.0579 e. The second-order valence-electron chi connectivity index (χ2n) is 2.41. The lowest BCUT2D eigenvalue weighted by atomic mass is 10.3. The van der Waals surface area contributed by atoms with Gasteiger partial charge in [0.1, 0.15) is 0 Å². The van der Waals surface area contributed by atoms with Crippen molar-refractivity contribution in [2.45, 2.75) is 13.5 Å². The van der Waals surface area contributed by atoms with E-state index in [4.69, 9.17) is 5.21 Å². The van der Waals surface area contributed by atoms with Crippen LogP contribution >= 0.6 is 11.3 Å². The number of rotatable bonds is 2. The Morgan fingerprint density at radius 1 is 1.70 bits per heavy atom. The van der Waals surface area contributed by atoms with Crippen LogP contribution in [0.5, 0.6) is 0 Å². The molecule has 0 radical (unpaired) electrons. The summed E-state index contributed by atoms with van der Waals surface area (Å²) in [6, 6.07) is 2.08. The maximum atomic E-state index is 8.86. The van der Waals surface area contributed by atoms with Crippen LogP contribution in [-0.4, -0.2) is 17.3 Å². The minimum Gasteiger partial charge on any atom is -0.314 e. The molecule has 0 saturated heterocycles. The minimum absolute atomic E-state index is 0.624. The Morgan fingerprint density at radius 2 is 2.40 bits per heavy atom. The second-order valence-corrected chi connectivity index (χ2v) is 3.40. The van der Waals surface area contributed by atoms with Crippen LogP contribution in [0, 0.1) is 6.92 Å². The predicted octanol–water partition coefficient (Wildman–Crippen LogP) is 1.88. The van der Waals surface area contributed by atoms with Gasteiger partial charge >= 0.3 is 0 Å². The average molecular weight is 157 g/mol. The van der Waals surface area contributed by atoms with Crippen LogP contribution in [0.2, 0.25) is 0 Å². The second kappa shape index (κ2) is 3.14. The number of nitrogens with zero attached hydrogens (tertiary/aromatic N) is 1. The van der Waals surface area contributed by atoms with Gasteiger partial charge in [0.05, 0.1) is 6.54 Å². The molecule has 1 N–H and O–H groups in total. The fourth-order valence-electron chi connectivity index (χ4n) is 0.799. The topological polar surface area (TPSA) is 23.5 Å². The van der Waals surface area contributed by atoms with E-state index in [-0.39, 0.29) is 0 Å². The van der Waals surface area contributed by atoms with Crippen molar-refractivity contribution in [1.82, 2.24) is 5.06 Å².